The molecule has 162 valence electrons. The van der Waals surface area contributed by atoms with Gasteiger partial charge in [0.2, 0.25) is 0 Å². The molecule has 1 aliphatic heterocycles. The highest BCUT2D eigenvalue weighted by Gasteiger charge is 2.45. The summed E-state index contributed by atoms with van der Waals surface area (Å²) >= 11 is 3.61. The summed E-state index contributed by atoms with van der Waals surface area (Å²) in [6.07, 6.45) is 2.46. The number of allylic oxidation sites excluding steroid dienone is 2. The van der Waals surface area contributed by atoms with E-state index in [0.717, 1.165) is 28.6 Å². The van der Waals surface area contributed by atoms with Crippen molar-refractivity contribution in [3.05, 3.63) is 45.7 Å². The molecule has 1 aromatic carbocycles. The molecular weight excluding hydrogens is 450 g/mol. The summed E-state index contributed by atoms with van der Waals surface area (Å²) in [5, 5.41) is 3.23. The second-order valence-electron chi connectivity index (χ2n) is 7.66. The highest BCUT2D eigenvalue weighted by Crippen LogP contribution is 2.48. The van der Waals surface area contributed by atoms with Crippen LogP contribution in [-0.2, 0) is 14.3 Å². The van der Waals surface area contributed by atoms with Gasteiger partial charge in [-0.25, -0.2) is 0 Å². The summed E-state index contributed by atoms with van der Waals surface area (Å²) in [4.78, 5) is 26.2. The number of esters is 1. The SMILES string of the molecule is C=C1NC2=C(C(=O)CCC2)C(c2cc(OC)c(OC)cc2Br)C1C(=O)OC(C)CC. The van der Waals surface area contributed by atoms with E-state index >= 15 is 0 Å². The van der Waals surface area contributed by atoms with Crippen molar-refractivity contribution >= 4 is 27.7 Å². The van der Waals surface area contributed by atoms with Crippen molar-refractivity contribution in [2.45, 2.75) is 51.6 Å². The number of carbonyl (C=O) groups excluding carboxylic acids is 2. The maximum atomic E-state index is 13.2. The maximum Gasteiger partial charge on any atom is 0.316 e. The minimum Gasteiger partial charge on any atom is -0.493 e. The normalized spacial score (nSPS) is 22.2. The third-order valence-corrected chi connectivity index (χ3v) is 6.46. The molecule has 1 aromatic rings. The number of benzene rings is 1. The van der Waals surface area contributed by atoms with Crippen LogP contribution in [0.25, 0.3) is 0 Å². The van der Waals surface area contributed by atoms with Crippen LogP contribution in [0.2, 0.25) is 0 Å². The largest absolute Gasteiger partial charge is 0.493 e. The molecule has 7 heteroatoms. The molecule has 3 rings (SSSR count). The highest BCUT2D eigenvalue weighted by molar-refractivity contribution is 9.10. The van der Waals surface area contributed by atoms with E-state index in [4.69, 9.17) is 14.2 Å². The summed E-state index contributed by atoms with van der Waals surface area (Å²) in [6, 6.07) is 3.62. The van der Waals surface area contributed by atoms with E-state index < -0.39 is 17.8 Å². The number of Topliss-reactive ketones (excluding diaryl/α,β-unsaturated/α-hetero) is 1. The van der Waals surface area contributed by atoms with Gasteiger partial charge in [-0.2, -0.15) is 0 Å². The molecule has 1 heterocycles. The first kappa shape index (κ1) is 22.4. The van der Waals surface area contributed by atoms with Crippen molar-refractivity contribution in [2.24, 2.45) is 5.92 Å². The molecule has 0 spiro atoms. The van der Waals surface area contributed by atoms with Crippen LogP contribution in [0.4, 0.5) is 0 Å². The number of methoxy groups -OCH3 is 2. The summed E-state index contributed by atoms with van der Waals surface area (Å²) < 4.78 is 17.3. The Morgan fingerprint density at radius 2 is 1.93 bits per heavy atom. The average Bonchev–Trinajstić information content (AvgIpc) is 2.72. The molecule has 6 nitrogen and oxygen atoms in total. The lowest BCUT2D eigenvalue weighted by Crippen LogP contribution is -2.41. The molecule has 1 aliphatic carbocycles. The van der Waals surface area contributed by atoms with E-state index in [1.807, 2.05) is 19.9 Å². The molecule has 0 amide bonds. The van der Waals surface area contributed by atoms with Crippen LogP contribution in [-0.4, -0.2) is 32.1 Å². The van der Waals surface area contributed by atoms with Crippen molar-refractivity contribution in [3.63, 3.8) is 0 Å². The van der Waals surface area contributed by atoms with Crippen molar-refractivity contribution in [1.82, 2.24) is 5.32 Å². The van der Waals surface area contributed by atoms with Gasteiger partial charge in [0, 0.05) is 33.8 Å². The molecule has 0 aromatic heterocycles. The number of hydrogen-bond donors (Lipinski definition) is 1. The molecule has 0 bridgehead atoms. The number of ketones is 1. The number of nitrogens with one attached hydrogen (secondary N) is 1. The molecule has 3 unspecified atom stereocenters. The van der Waals surface area contributed by atoms with E-state index in [9.17, 15) is 9.59 Å². The lowest BCUT2D eigenvalue weighted by molar-refractivity contribution is -0.152. The summed E-state index contributed by atoms with van der Waals surface area (Å²) in [7, 11) is 3.12. The first-order valence-electron chi connectivity index (χ1n) is 10.2. The van der Waals surface area contributed by atoms with Gasteiger partial charge < -0.3 is 19.5 Å². The van der Waals surface area contributed by atoms with E-state index in [2.05, 4.69) is 27.8 Å². The lowest BCUT2D eigenvalue weighted by Gasteiger charge is -2.39. The molecule has 30 heavy (non-hydrogen) atoms. The third-order valence-electron chi connectivity index (χ3n) is 5.77. The van der Waals surface area contributed by atoms with Crippen molar-refractivity contribution < 1.29 is 23.8 Å². The highest BCUT2D eigenvalue weighted by atomic mass is 79.9. The van der Waals surface area contributed by atoms with Crippen LogP contribution in [0.1, 0.15) is 51.0 Å². The molecule has 3 atom stereocenters. The Bertz CT molecular complexity index is 907. The monoisotopic (exact) mass is 477 g/mol. The predicted octanol–water partition coefficient (Wildman–Crippen LogP) is 4.63. The minimum atomic E-state index is -0.728. The molecule has 2 aliphatic rings. The van der Waals surface area contributed by atoms with Gasteiger partial charge in [-0.15, -0.1) is 0 Å². The first-order valence-corrected chi connectivity index (χ1v) is 11.0. The van der Waals surface area contributed by atoms with Gasteiger partial charge in [-0.05, 0) is 43.9 Å². The van der Waals surface area contributed by atoms with E-state index in [0.29, 0.717) is 35.6 Å². The molecule has 1 N–H and O–H groups in total. The van der Waals surface area contributed by atoms with Crippen molar-refractivity contribution in [1.29, 1.82) is 0 Å². The van der Waals surface area contributed by atoms with Gasteiger partial charge in [0.15, 0.2) is 17.3 Å². The predicted molar refractivity (Wildman–Crippen MR) is 117 cm³/mol. The van der Waals surface area contributed by atoms with Crippen LogP contribution in [0, 0.1) is 5.92 Å². The molecular formula is C23H28BrNO5. The standard InChI is InChI=1S/C23H28BrNO5/c1-6-12(2)30-23(27)20-13(3)25-16-8-7-9-17(26)22(16)21(20)14-10-18(28-4)19(29-5)11-15(14)24/h10-12,20-21,25H,3,6-9H2,1-2,4-5H3. The fraction of sp³-hybridized carbons (Fsp3) is 0.478. The van der Waals surface area contributed by atoms with Gasteiger partial charge in [0.1, 0.15) is 5.92 Å². The number of halogens is 1. The maximum absolute atomic E-state index is 13.2. The zero-order chi connectivity index (χ0) is 22.0. The lowest BCUT2D eigenvalue weighted by atomic mass is 9.71. The van der Waals surface area contributed by atoms with Crippen LogP contribution in [0.5, 0.6) is 11.5 Å². The van der Waals surface area contributed by atoms with Gasteiger partial charge in [0.05, 0.1) is 20.3 Å². The molecule has 0 radical (unpaired) electrons. The van der Waals surface area contributed by atoms with Gasteiger partial charge in [0.25, 0.3) is 0 Å². The number of ether oxygens (including phenoxy) is 3. The number of hydrogen-bond acceptors (Lipinski definition) is 6. The van der Waals surface area contributed by atoms with E-state index in [-0.39, 0.29) is 11.9 Å². The summed E-state index contributed by atoms with van der Waals surface area (Å²) in [5.74, 6) is -0.507. The summed E-state index contributed by atoms with van der Waals surface area (Å²) in [6.45, 7) is 7.93. The first-order chi connectivity index (χ1) is 14.3. The van der Waals surface area contributed by atoms with Crippen molar-refractivity contribution in [2.75, 3.05) is 14.2 Å². The zero-order valence-electron chi connectivity index (χ0n) is 17.8. The molecule has 0 saturated carbocycles. The smallest absolute Gasteiger partial charge is 0.316 e. The Morgan fingerprint density at radius 3 is 2.57 bits per heavy atom. The Hall–Kier alpha value is -2.28. The summed E-state index contributed by atoms with van der Waals surface area (Å²) in [5.41, 5.74) is 2.79. The van der Waals surface area contributed by atoms with Crippen LogP contribution in [0.15, 0.2) is 40.2 Å². The fourth-order valence-electron chi connectivity index (χ4n) is 4.07. The number of rotatable bonds is 6. The van der Waals surface area contributed by atoms with Crippen molar-refractivity contribution in [3.8, 4) is 11.5 Å². The van der Waals surface area contributed by atoms with Crippen LogP contribution >= 0.6 is 15.9 Å². The van der Waals surface area contributed by atoms with E-state index in [1.165, 1.54) is 0 Å². The van der Waals surface area contributed by atoms with Crippen LogP contribution in [0.3, 0.4) is 0 Å². The minimum absolute atomic E-state index is 0.0456. The van der Waals surface area contributed by atoms with Crippen LogP contribution < -0.4 is 14.8 Å². The van der Waals surface area contributed by atoms with E-state index in [1.54, 1.807) is 20.3 Å². The topological polar surface area (TPSA) is 73.9 Å². The third kappa shape index (κ3) is 4.13. The Labute approximate surface area is 185 Å². The number of carbonyl (C=O) groups is 2. The zero-order valence-corrected chi connectivity index (χ0v) is 19.4. The second kappa shape index (κ2) is 9.25. The Kier molecular flexibility index (Phi) is 6.91. The van der Waals surface area contributed by atoms with Gasteiger partial charge in [-0.3, -0.25) is 9.59 Å². The second-order valence-corrected chi connectivity index (χ2v) is 8.51. The Morgan fingerprint density at radius 1 is 1.27 bits per heavy atom. The Balaban J connectivity index is 2.19. The molecule has 0 saturated heterocycles. The quantitative estimate of drug-likeness (QED) is 0.601. The molecule has 0 fully saturated rings. The van der Waals surface area contributed by atoms with Gasteiger partial charge >= 0.3 is 5.97 Å². The fourth-order valence-corrected chi connectivity index (χ4v) is 4.64. The van der Waals surface area contributed by atoms with Gasteiger partial charge in [-0.1, -0.05) is 29.4 Å². The average molecular weight is 478 g/mol.